The minimum atomic E-state index is 0.0515. The highest BCUT2D eigenvalue weighted by atomic mass is 16.2. The second kappa shape index (κ2) is 5.20. The van der Waals surface area contributed by atoms with Crippen molar-refractivity contribution in [2.45, 2.75) is 26.3 Å². The standard InChI is InChI=1S/C10H21N3O/c1-9(2)12-5-4-6-13(8-7-12)10(14)11-3/h9H,4-8H2,1-3H3,(H,11,14). The van der Waals surface area contributed by atoms with Gasteiger partial charge in [0.25, 0.3) is 0 Å². The number of carbonyl (C=O) groups is 1. The number of nitrogens with one attached hydrogen (secondary N) is 1. The molecule has 1 aliphatic heterocycles. The van der Waals surface area contributed by atoms with Crippen molar-refractivity contribution in [3.05, 3.63) is 0 Å². The van der Waals surface area contributed by atoms with E-state index in [1.807, 2.05) is 4.90 Å². The van der Waals surface area contributed by atoms with E-state index in [2.05, 4.69) is 24.1 Å². The smallest absolute Gasteiger partial charge is 0.317 e. The van der Waals surface area contributed by atoms with Crippen LogP contribution in [0.4, 0.5) is 4.79 Å². The summed E-state index contributed by atoms with van der Waals surface area (Å²) in [4.78, 5) is 15.7. The Bertz CT molecular complexity index is 194. The first kappa shape index (κ1) is 11.3. The largest absolute Gasteiger partial charge is 0.341 e. The number of carbonyl (C=O) groups excluding carboxylic acids is 1. The van der Waals surface area contributed by atoms with Crippen molar-refractivity contribution >= 4 is 6.03 Å². The molecule has 0 aromatic rings. The third-order valence-electron chi connectivity index (χ3n) is 2.76. The average Bonchev–Trinajstić information content (AvgIpc) is 2.41. The van der Waals surface area contributed by atoms with E-state index in [1.165, 1.54) is 0 Å². The molecule has 0 spiro atoms. The average molecular weight is 199 g/mol. The van der Waals surface area contributed by atoms with Crippen LogP contribution in [0.3, 0.4) is 0 Å². The summed E-state index contributed by atoms with van der Waals surface area (Å²) in [6.07, 6.45) is 1.08. The minimum absolute atomic E-state index is 0.0515. The molecule has 0 saturated carbocycles. The van der Waals surface area contributed by atoms with Crippen LogP contribution in [0.5, 0.6) is 0 Å². The number of urea groups is 1. The van der Waals surface area contributed by atoms with E-state index in [9.17, 15) is 4.79 Å². The number of hydrogen-bond donors (Lipinski definition) is 1. The zero-order valence-corrected chi connectivity index (χ0v) is 9.42. The fraction of sp³-hybridized carbons (Fsp3) is 0.900. The molecule has 2 amide bonds. The summed E-state index contributed by atoms with van der Waals surface area (Å²) in [6.45, 7) is 8.22. The lowest BCUT2D eigenvalue weighted by Crippen LogP contribution is -2.41. The Balaban J connectivity index is 2.44. The Morgan fingerprint density at radius 1 is 1.21 bits per heavy atom. The Labute approximate surface area is 86.2 Å². The van der Waals surface area contributed by atoms with Gasteiger partial charge in [-0.25, -0.2) is 4.79 Å². The maximum absolute atomic E-state index is 11.4. The van der Waals surface area contributed by atoms with Crippen LogP contribution in [-0.2, 0) is 0 Å². The number of nitrogens with zero attached hydrogens (tertiary/aromatic N) is 2. The zero-order chi connectivity index (χ0) is 10.6. The highest BCUT2D eigenvalue weighted by Crippen LogP contribution is 2.06. The van der Waals surface area contributed by atoms with Crippen LogP contribution in [-0.4, -0.2) is 55.1 Å². The monoisotopic (exact) mass is 199 g/mol. The molecule has 1 saturated heterocycles. The molecule has 0 atom stereocenters. The first-order valence-electron chi connectivity index (χ1n) is 5.36. The van der Waals surface area contributed by atoms with Crippen molar-refractivity contribution in [2.24, 2.45) is 0 Å². The van der Waals surface area contributed by atoms with Crippen molar-refractivity contribution in [1.82, 2.24) is 15.1 Å². The maximum atomic E-state index is 11.4. The normalized spacial score (nSPS) is 19.6. The minimum Gasteiger partial charge on any atom is -0.341 e. The van der Waals surface area contributed by atoms with Gasteiger partial charge in [0.15, 0.2) is 0 Å². The molecule has 1 rings (SSSR count). The molecule has 4 nitrogen and oxygen atoms in total. The first-order chi connectivity index (χ1) is 6.65. The molecular formula is C10H21N3O. The van der Waals surface area contributed by atoms with Gasteiger partial charge in [-0.2, -0.15) is 0 Å². The van der Waals surface area contributed by atoms with Crippen LogP contribution in [0, 0.1) is 0 Å². The molecule has 1 fully saturated rings. The van der Waals surface area contributed by atoms with Crippen molar-refractivity contribution < 1.29 is 4.79 Å². The SMILES string of the molecule is CNC(=O)N1CCCN(C(C)C)CC1. The Morgan fingerprint density at radius 3 is 2.50 bits per heavy atom. The van der Waals surface area contributed by atoms with Crippen LogP contribution >= 0.6 is 0 Å². The van der Waals surface area contributed by atoms with Crippen LogP contribution in [0.15, 0.2) is 0 Å². The van der Waals surface area contributed by atoms with Crippen molar-refractivity contribution in [3.63, 3.8) is 0 Å². The number of hydrogen-bond acceptors (Lipinski definition) is 2. The molecule has 0 radical (unpaired) electrons. The van der Waals surface area contributed by atoms with E-state index in [4.69, 9.17) is 0 Å². The second-order valence-corrected chi connectivity index (χ2v) is 4.03. The van der Waals surface area contributed by atoms with Crippen molar-refractivity contribution in [1.29, 1.82) is 0 Å². The summed E-state index contributed by atoms with van der Waals surface area (Å²) >= 11 is 0. The van der Waals surface area contributed by atoms with Crippen molar-refractivity contribution in [2.75, 3.05) is 33.2 Å². The Hall–Kier alpha value is -0.770. The lowest BCUT2D eigenvalue weighted by molar-refractivity contribution is 0.195. The van der Waals surface area contributed by atoms with Gasteiger partial charge >= 0.3 is 6.03 Å². The summed E-state index contributed by atoms with van der Waals surface area (Å²) in [5.41, 5.74) is 0. The van der Waals surface area contributed by atoms with E-state index in [1.54, 1.807) is 7.05 Å². The number of amides is 2. The van der Waals surface area contributed by atoms with Crippen LogP contribution < -0.4 is 5.32 Å². The lowest BCUT2D eigenvalue weighted by Gasteiger charge is -2.24. The highest BCUT2D eigenvalue weighted by Gasteiger charge is 2.19. The molecule has 1 aliphatic rings. The van der Waals surface area contributed by atoms with E-state index >= 15 is 0 Å². The quantitative estimate of drug-likeness (QED) is 0.676. The summed E-state index contributed by atoms with van der Waals surface area (Å²) in [5, 5.41) is 2.67. The predicted octanol–water partition coefficient (Wildman–Crippen LogP) is 0.742. The highest BCUT2D eigenvalue weighted by molar-refractivity contribution is 5.73. The lowest BCUT2D eigenvalue weighted by atomic mass is 10.3. The fourth-order valence-electron chi connectivity index (χ4n) is 1.82. The topological polar surface area (TPSA) is 35.6 Å². The van der Waals surface area contributed by atoms with Gasteiger partial charge in [0.05, 0.1) is 0 Å². The van der Waals surface area contributed by atoms with E-state index in [0.717, 1.165) is 32.6 Å². The second-order valence-electron chi connectivity index (χ2n) is 4.03. The van der Waals surface area contributed by atoms with Gasteiger partial charge < -0.3 is 10.2 Å². The Morgan fingerprint density at radius 2 is 1.93 bits per heavy atom. The van der Waals surface area contributed by atoms with E-state index in [0.29, 0.717) is 6.04 Å². The van der Waals surface area contributed by atoms with E-state index < -0.39 is 0 Å². The third-order valence-corrected chi connectivity index (χ3v) is 2.76. The maximum Gasteiger partial charge on any atom is 0.317 e. The summed E-state index contributed by atoms with van der Waals surface area (Å²) in [5.74, 6) is 0. The molecule has 1 heterocycles. The Kier molecular flexibility index (Phi) is 4.20. The molecule has 0 aromatic heterocycles. The van der Waals surface area contributed by atoms with Gasteiger partial charge in [0, 0.05) is 39.3 Å². The third kappa shape index (κ3) is 2.87. The van der Waals surface area contributed by atoms with Crippen molar-refractivity contribution in [3.8, 4) is 0 Å². The predicted molar refractivity (Wildman–Crippen MR) is 57.4 cm³/mol. The zero-order valence-electron chi connectivity index (χ0n) is 9.42. The van der Waals surface area contributed by atoms with Gasteiger partial charge in [-0.3, -0.25) is 4.90 Å². The van der Waals surface area contributed by atoms with Gasteiger partial charge in [0.1, 0.15) is 0 Å². The number of rotatable bonds is 1. The molecule has 0 bridgehead atoms. The van der Waals surface area contributed by atoms with Crippen LogP contribution in [0.1, 0.15) is 20.3 Å². The van der Waals surface area contributed by atoms with Gasteiger partial charge in [-0.1, -0.05) is 0 Å². The van der Waals surface area contributed by atoms with Gasteiger partial charge in [-0.15, -0.1) is 0 Å². The first-order valence-corrected chi connectivity index (χ1v) is 5.36. The molecule has 4 heteroatoms. The van der Waals surface area contributed by atoms with Gasteiger partial charge in [-0.05, 0) is 20.3 Å². The fourth-order valence-corrected chi connectivity index (χ4v) is 1.82. The molecule has 0 aromatic carbocycles. The summed E-state index contributed by atoms with van der Waals surface area (Å²) < 4.78 is 0. The molecular weight excluding hydrogens is 178 g/mol. The molecule has 14 heavy (non-hydrogen) atoms. The molecule has 0 aliphatic carbocycles. The summed E-state index contributed by atoms with van der Waals surface area (Å²) in [6, 6.07) is 0.634. The van der Waals surface area contributed by atoms with Gasteiger partial charge in [0.2, 0.25) is 0 Å². The van der Waals surface area contributed by atoms with E-state index in [-0.39, 0.29) is 6.03 Å². The molecule has 0 unspecified atom stereocenters. The molecule has 82 valence electrons. The molecule has 1 N–H and O–H groups in total. The summed E-state index contributed by atoms with van der Waals surface area (Å²) in [7, 11) is 1.69. The van der Waals surface area contributed by atoms with Crippen LogP contribution in [0.25, 0.3) is 0 Å². The van der Waals surface area contributed by atoms with Crippen LogP contribution in [0.2, 0.25) is 0 Å².